The highest BCUT2D eigenvalue weighted by molar-refractivity contribution is 6.36. The van der Waals surface area contributed by atoms with Gasteiger partial charge in [-0.3, -0.25) is 9.59 Å². The summed E-state index contributed by atoms with van der Waals surface area (Å²) in [7, 11) is 3.87. The van der Waals surface area contributed by atoms with E-state index in [2.05, 4.69) is 5.32 Å². The van der Waals surface area contributed by atoms with E-state index in [9.17, 15) is 9.59 Å². The van der Waals surface area contributed by atoms with Crippen LogP contribution in [0.2, 0.25) is 10.0 Å². The molecular weight excluding hydrogens is 325 g/mol. The van der Waals surface area contributed by atoms with Crippen molar-refractivity contribution >= 4 is 40.7 Å². The zero-order valence-electron chi connectivity index (χ0n) is 13.0. The van der Waals surface area contributed by atoms with Crippen LogP contribution in [0.3, 0.4) is 0 Å². The lowest BCUT2D eigenvalue weighted by atomic mass is 10.2. The van der Waals surface area contributed by atoms with E-state index in [-0.39, 0.29) is 24.8 Å². The molecule has 0 atom stereocenters. The fraction of sp³-hybridized carbons (Fsp3) is 0.467. The van der Waals surface area contributed by atoms with Crippen LogP contribution in [-0.2, 0) is 9.59 Å². The van der Waals surface area contributed by atoms with Gasteiger partial charge in [-0.1, -0.05) is 23.2 Å². The Hall–Kier alpha value is -1.30. The van der Waals surface area contributed by atoms with Gasteiger partial charge >= 0.3 is 0 Å². The van der Waals surface area contributed by atoms with Crippen LogP contribution in [0, 0.1) is 0 Å². The van der Waals surface area contributed by atoms with E-state index in [4.69, 9.17) is 23.2 Å². The molecule has 1 aromatic rings. The number of anilines is 1. The van der Waals surface area contributed by atoms with Gasteiger partial charge in [0.2, 0.25) is 11.8 Å². The van der Waals surface area contributed by atoms with Crippen molar-refractivity contribution in [2.75, 3.05) is 38.6 Å². The highest BCUT2D eigenvalue weighted by Crippen LogP contribution is 2.29. The number of halogens is 2. The number of benzene rings is 1. The molecule has 122 valence electrons. The Balaban J connectivity index is 2.62. The lowest BCUT2D eigenvalue weighted by molar-refractivity contribution is -0.121. The first-order chi connectivity index (χ1) is 10.3. The monoisotopic (exact) mass is 345 g/mol. The first kappa shape index (κ1) is 18.7. The molecule has 2 amide bonds. The van der Waals surface area contributed by atoms with Crippen LogP contribution in [0.15, 0.2) is 18.2 Å². The Morgan fingerprint density at radius 1 is 1.18 bits per heavy atom. The van der Waals surface area contributed by atoms with E-state index in [1.807, 2.05) is 19.0 Å². The number of carbonyl (C=O) groups excluding carboxylic acids is 2. The molecule has 0 fully saturated rings. The van der Waals surface area contributed by atoms with Crippen LogP contribution in [0.5, 0.6) is 0 Å². The third-order valence-electron chi connectivity index (χ3n) is 3.02. The van der Waals surface area contributed by atoms with Crippen molar-refractivity contribution in [2.24, 2.45) is 0 Å². The summed E-state index contributed by atoms with van der Waals surface area (Å²) in [6.07, 6.45) is 0.214. The normalized spacial score (nSPS) is 10.6. The number of nitrogens with one attached hydrogen (secondary N) is 1. The largest absolute Gasteiger partial charge is 0.355 e. The van der Waals surface area contributed by atoms with Crippen molar-refractivity contribution in [3.05, 3.63) is 28.2 Å². The minimum absolute atomic E-state index is 0.0989. The average molecular weight is 346 g/mol. The molecule has 0 spiro atoms. The van der Waals surface area contributed by atoms with E-state index in [1.54, 1.807) is 18.2 Å². The Morgan fingerprint density at radius 2 is 1.86 bits per heavy atom. The van der Waals surface area contributed by atoms with Gasteiger partial charge in [0.15, 0.2) is 0 Å². The molecule has 1 aromatic carbocycles. The zero-order chi connectivity index (χ0) is 16.7. The third-order valence-corrected chi connectivity index (χ3v) is 3.56. The van der Waals surface area contributed by atoms with E-state index >= 15 is 0 Å². The Kier molecular flexibility index (Phi) is 7.65. The van der Waals surface area contributed by atoms with Gasteiger partial charge in [0.05, 0.1) is 10.7 Å². The molecule has 22 heavy (non-hydrogen) atoms. The SMILES string of the molecule is CC(=O)N(CCC(=O)NCCN(C)C)c1ccc(Cl)cc1Cl. The minimum atomic E-state index is -0.176. The number of carbonyl (C=O) groups is 2. The molecule has 1 rings (SSSR count). The second-order valence-corrected chi connectivity index (χ2v) is 6.01. The second kappa shape index (κ2) is 8.98. The van der Waals surface area contributed by atoms with Gasteiger partial charge in [-0.15, -0.1) is 0 Å². The van der Waals surface area contributed by atoms with Gasteiger partial charge < -0.3 is 15.1 Å². The summed E-state index contributed by atoms with van der Waals surface area (Å²) in [5.74, 6) is -0.275. The van der Waals surface area contributed by atoms with E-state index in [0.717, 1.165) is 6.54 Å². The van der Waals surface area contributed by atoms with Crippen LogP contribution in [0.25, 0.3) is 0 Å². The van der Waals surface area contributed by atoms with Gasteiger partial charge in [0.1, 0.15) is 0 Å². The molecule has 0 aliphatic heterocycles. The third kappa shape index (κ3) is 6.22. The number of nitrogens with zero attached hydrogens (tertiary/aromatic N) is 2. The van der Waals surface area contributed by atoms with Crippen LogP contribution in [-0.4, -0.2) is 50.4 Å². The number of likely N-dealkylation sites (N-methyl/N-ethyl adjacent to an activating group) is 1. The summed E-state index contributed by atoms with van der Waals surface area (Å²) in [4.78, 5) is 27.1. The highest BCUT2D eigenvalue weighted by Gasteiger charge is 2.16. The van der Waals surface area contributed by atoms with Crippen molar-refractivity contribution in [3.8, 4) is 0 Å². The smallest absolute Gasteiger partial charge is 0.223 e. The molecule has 0 saturated carbocycles. The van der Waals surface area contributed by atoms with E-state index in [1.165, 1.54) is 11.8 Å². The van der Waals surface area contributed by atoms with Crippen LogP contribution < -0.4 is 10.2 Å². The van der Waals surface area contributed by atoms with Crippen molar-refractivity contribution in [1.82, 2.24) is 10.2 Å². The minimum Gasteiger partial charge on any atom is -0.355 e. The van der Waals surface area contributed by atoms with Crippen molar-refractivity contribution in [1.29, 1.82) is 0 Å². The topological polar surface area (TPSA) is 52.7 Å². The zero-order valence-corrected chi connectivity index (χ0v) is 14.5. The van der Waals surface area contributed by atoms with Crippen LogP contribution in [0.4, 0.5) is 5.69 Å². The van der Waals surface area contributed by atoms with Gasteiger partial charge in [0, 0.05) is 38.0 Å². The molecule has 0 bridgehead atoms. The highest BCUT2D eigenvalue weighted by atomic mass is 35.5. The predicted molar refractivity (Wildman–Crippen MR) is 90.7 cm³/mol. The van der Waals surface area contributed by atoms with Crippen molar-refractivity contribution in [2.45, 2.75) is 13.3 Å². The average Bonchev–Trinajstić information content (AvgIpc) is 2.40. The summed E-state index contributed by atoms with van der Waals surface area (Å²) >= 11 is 12.0. The molecule has 0 aliphatic carbocycles. The lowest BCUT2D eigenvalue weighted by Gasteiger charge is -2.22. The molecule has 7 heteroatoms. The van der Waals surface area contributed by atoms with Gasteiger partial charge in [-0.05, 0) is 32.3 Å². The van der Waals surface area contributed by atoms with Gasteiger partial charge in [0.25, 0.3) is 0 Å². The molecule has 0 aromatic heterocycles. The number of rotatable bonds is 7. The maximum atomic E-state index is 11.8. The van der Waals surface area contributed by atoms with Gasteiger partial charge in [-0.25, -0.2) is 0 Å². The number of hydrogen-bond donors (Lipinski definition) is 1. The molecular formula is C15H21Cl2N3O2. The van der Waals surface area contributed by atoms with Gasteiger partial charge in [-0.2, -0.15) is 0 Å². The molecule has 1 N–H and O–H groups in total. The van der Waals surface area contributed by atoms with Crippen molar-refractivity contribution < 1.29 is 9.59 Å². The Bertz CT molecular complexity index is 536. The quantitative estimate of drug-likeness (QED) is 0.825. The maximum absolute atomic E-state index is 11.8. The standard InChI is InChI=1S/C15H21Cl2N3O2/c1-11(21)20(14-5-4-12(16)10-13(14)17)8-6-15(22)18-7-9-19(2)3/h4-5,10H,6-9H2,1-3H3,(H,18,22). The number of hydrogen-bond acceptors (Lipinski definition) is 3. The summed E-state index contributed by atoms with van der Waals surface area (Å²) < 4.78 is 0. The summed E-state index contributed by atoms with van der Waals surface area (Å²) in [6, 6.07) is 4.91. The Morgan fingerprint density at radius 3 is 2.41 bits per heavy atom. The Labute approximate surface area is 141 Å². The lowest BCUT2D eigenvalue weighted by Crippen LogP contribution is -2.36. The molecule has 0 unspecified atom stereocenters. The second-order valence-electron chi connectivity index (χ2n) is 5.17. The first-order valence-electron chi connectivity index (χ1n) is 6.96. The van der Waals surface area contributed by atoms with E-state index < -0.39 is 0 Å². The predicted octanol–water partition coefficient (Wildman–Crippen LogP) is 2.41. The van der Waals surface area contributed by atoms with Crippen LogP contribution >= 0.6 is 23.2 Å². The van der Waals surface area contributed by atoms with Crippen LogP contribution in [0.1, 0.15) is 13.3 Å². The van der Waals surface area contributed by atoms with E-state index in [0.29, 0.717) is 22.3 Å². The molecule has 0 saturated heterocycles. The fourth-order valence-electron chi connectivity index (χ4n) is 1.87. The summed E-state index contributed by atoms with van der Waals surface area (Å²) in [5, 5.41) is 3.69. The molecule has 0 aliphatic rings. The maximum Gasteiger partial charge on any atom is 0.223 e. The van der Waals surface area contributed by atoms with Crippen molar-refractivity contribution in [3.63, 3.8) is 0 Å². The summed E-state index contributed by atoms with van der Waals surface area (Å²) in [6.45, 7) is 3.05. The fourth-order valence-corrected chi connectivity index (χ4v) is 2.38. The molecule has 5 nitrogen and oxygen atoms in total. The summed E-state index contributed by atoms with van der Waals surface area (Å²) in [5.41, 5.74) is 0.555. The molecule has 0 heterocycles. The first-order valence-corrected chi connectivity index (χ1v) is 7.71. The number of amides is 2. The molecule has 0 radical (unpaired) electrons.